The molecule has 0 atom stereocenters. The Morgan fingerprint density at radius 1 is 1.17 bits per heavy atom. The van der Waals surface area contributed by atoms with Crippen molar-refractivity contribution in [3.05, 3.63) is 47.5 Å². The van der Waals surface area contributed by atoms with Crippen molar-refractivity contribution >= 4 is 33.4 Å². The van der Waals surface area contributed by atoms with Gasteiger partial charge in [0, 0.05) is 18.0 Å². The quantitative estimate of drug-likeness (QED) is 0.663. The molecule has 1 fully saturated rings. The Morgan fingerprint density at radius 2 is 1.87 bits per heavy atom. The number of piperidine rings is 1. The zero-order valence-electron chi connectivity index (χ0n) is 17.8. The van der Waals surface area contributed by atoms with Gasteiger partial charge in [0.25, 0.3) is 15.9 Å². The van der Waals surface area contributed by atoms with Gasteiger partial charge in [0.1, 0.15) is 5.75 Å². The van der Waals surface area contributed by atoms with Crippen molar-refractivity contribution in [1.82, 2.24) is 4.90 Å². The van der Waals surface area contributed by atoms with Gasteiger partial charge in [-0.2, -0.15) is 0 Å². The number of nitrogens with one attached hydrogen (secondary N) is 1. The van der Waals surface area contributed by atoms with Gasteiger partial charge in [-0.05, 0) is 67.8 Å². The highest BCUT2D eigenvalue weighted by Gasteiger charge is 2.26. The lowest BCUT2D eigenvalue weighted by atomic mass is 9.98. The summed E-state index contributed by atoms with van der Waals surface area (Å²) in [6.45, 7) is 5.46. The maximum absolute atomic E-state index is 13.1. The highest BCUT2D eigenvalue weighted by atomic mass is 32.2. The van der Waals surface area contributed by atoms with Crippen LogP contribution in [0.3, 0.4) is 0 Å². The van der Waals surface area contributed by atoms with Crippen LogP contribution in [0.2, 0.25) is 0 Å². The zero-order chi connectivity index (χ0) is 21.9. The van der Waals surface area contributed by atoms with Gasteiger partial charge in [0.2, 0.25) is 0 Å². The Kier molecular flexibility index (Phi) is 6.98. The van der Waals surface area contributed by atoms with E-state index in [1.165, 1.54) is 31.0 Å². The van der Waals surface area contributed by atoms with E-state index in [9.17, 15) is 13.2 Å². The average Bonchev–Trinajstić information content (AvgIpc) is 2.73. The number of sulfonamides is 1. The minimum absolute atomic E-state index is 0.0533. The molecule has 0 aliphatic carbocycles. The van der Waals surface area contributed by atoms with Crippen LogP contribution in [0.25, 0.3) is 0 Å². The first-order valence-corrected chi connectivity index (χ1v) is 12.6. The summed E-state index contributed by atoms with van der Waals surface area (Å²) in [5.41, 5.74) is 1.70. The average molecular weight is 449 g/mol. The molecular weight excluding hydrogens is 420 g/mol. The molecule has 1 aliphatic heterocycles. The van der Waals surface area contributed by atoms with Crippen LogP contribution in [0.15, 0.2) is 46.2 Å². The molecule has 2 aromatic rings. The molecule has 6 nitrogen and oxygen atoms in total. The number of anilines is 1. The molecule has 0 saturated carbocycles. The van der Waals surface area contributed by atoms with Crippen molar-refractivity contribution in [2.45, 2.75) is 36.5 Å². The molecule has 30 heavy (non-hydrogen) atoms. The maximum atomic E-state index is 13.1. The summed E-state index contributed by atoms with van der Waals surface area (Å²) >= 11 is 1.44. The lowest BCUT2D eigenvalue weighted by Crippen LogP contribution is -2.38. The molecule has 8 heteroatoms. The number of likely N-dealkylation sites (tertiary alicyclic amines) is 1. The molecule has 1 saturated heterocycles. The van der Waals surface area contributed by atoms with Gasteiger partial charge in [-0.15, -0.1) is 11.8 Å². The highest BCUT2D eigenvalue weighted by molar-refractivity contribution is 7.98. The first-order valence-electron chi connectivity index (χ1n) is 9.90. The van der Waals surface area contributed by atoms with Gasteiger partial charge in [-0.25, -0.2) is 8.42 Å². The van der Waals surface area contributed by atoms with Gasteiger partial charge < -0.3 is 9.64 Å². The fourth-order valence-electron chi connectivity index (χ4n) is 3.51. The van der Waals surface area contributed by atoms with E-state index in [1.807, 2.05) is 24.1 Å². The summed E-state index contributed by atoms with van der Waals surface area (Å²) in [5.74, 6) is 0.925. The molecule has 162 valence electrons. The van der Waals surface area contributed by atoms with Gasteiger partial charge in [-0.1, -0.05) is 13.0 Å². The van der Waals surface area contributed by atoms with Crippen LogP contribution in [0.5, 0.6) is 5.75 Å². The minimum atomic E-state index is -3.89. The molecule has 2 aromatic carbocycles. The predicted octanol–water partition coefficient (Wildman–Crippen LogP) is 4.40. The predicted molar refractivity (Wildman–Crippen MR) is 121 cm³/mol. The SMILES string of the molecule is COc1ccc(C)cc1NS(=O)(=O)c1ccc(SC)c(C(=O)N2CCC(C)CC2)c1. The third-order valence-electron chi connectivity index (χ3n) is 5.38. The Bertz CT molecular complexity index is 1030. The molecule has 0 spiro atoms. The lowest BCUT2D eigenvalue weighted by Gasteiger charge is -2.30. The first-order chi connectivity index (χ1) is 14.2. The number of methoxy groups -OCH3 is 1. The Hall–Kier alpha value is -2.19. The van der Waals surface area contributed by atoms with Crippen LogP contribution < -0.4 is 9.46 Å². The second-order valence-corrected chi connectivity index (χ2v) is 10.2. The van der Waals surface area contributed by atoms with Crippen molar-refractivity contribution in [3.63, 3.8) is 0 Å². The van der Waals surface area contributed by atoms with Crippen LogP contribution >= 0.6 is 11.8 Å². The highest BCUT2D eigenvalue weighted by Crippen LogP contribution is 2.30. The number of thioether (sulfide) groups is 1. The summed E-state index contributed by atoms with van der Waals surface area (Å²) in [5, 5.41) is 0. The summed E-state index contributed by atoms with van der Waals surface area (Å²) in [6, 6.07) is 10.00. The van der Waals surface area contributed by atoms with E-state index in [4.69, 9.17) is 4.74 Å². The van der Waals surface area contributed by atoms with E-state index in [1.54, 1.807) is 18.2 Å². The number of carbonyl (C=O) groups is 1. The van der Waals surface area contributed by atoms with Crippen molar-refractivity contribution < 1.29 is 17.9 Å². The van der Waals surface area contributed by atoms with Crippen LogP contribution in [0, 0.1) is 12.8 Å². The number of ether oxygens (including phenoxy) is 1. The number of rotatable bonds is 6. The second kappa shape index (κ2) is 9.31. The van der Waals surface area contributed by atoms with Gasteiger partial charge in [-0.3, -0.25) is 9.52 Å². The summed E-state index contributed by atoms with van der Waals surface area (Å²) in [4.78, 5) is 15.8. The summed E-state index contributed by atoms with van der Waals surface area (Å²) < 4.78 is 34.0. The third kappa shape index (κ3) is 4.92. The fraction of sp³-hybridized carbons (Fsp3) is 0.409. The van der Waals surface area contributed by atoms with Crippen LogP contribution in [0.4, 0.5) is 5.69 Å². The van der Waals surface area contributed by atoms with Gasteiger partial charge in [0.15, 0.2) is 0 Å². The number of amides is 1. The fourth-order valence-corrected chi connectivity index (χ4v) is 5.17. The molecule has 3 rings (SSSR count). The molecular formula is C22H28N2O4S2. The van der Waals surface area contributed by atoms with Crippen LogP contribution in [-0.4, -0.2) is 45.7 Å². The van der Waals surface area contributed by atoms with E-state index in [-0.39, 0.29) is 10.8 Å². The van der Waals surface area contributed by atoms with Gasteiger partial charge >= 0.3 is 0 Å². The molecule has 1 heterocycles. The number of hydrogen-bond donors (Lipinski definition) is 1. The van der Waals surface area contributed by atoms with E-state index >= 15 is 0 Å². The molecule has 0 bridgehead atoms. The van der Waals surface area contributed by atoms with E-state index in [0.717, 1.165) is 23.3 Å². The molecule has 0 aromatic heterocycles. The number of benzene rings is 2. The molecule has 1 aliphatic rings. The Balaban J connectivity index is 1.93. The molecule has 1 N–H and O–H groups in total. The maximum Gasteiger partial charge on any atom is 0.262 e. The topological polar surface area (TPSA) is 75.7 Å². The molecule has 1 amide bonds. The minimum Gasteiger partial charge on any atom is -0.495 e. The third-order valence-corrected chi connectivity index (χ3v) is 7.54. The largest absolute Gasteiger partial charge is 0.495 e. The normalized spacial score (nSPS) is 15.1. The second-order valence-electron chi connectivity index (χ2n) is 7.65. The van der Waals surface area contributed by atoms with Crippen molar-refractivity contribution in [1.29, 1.82) is 0 Å². The summed E-state index contributed by atoms with van der Waals surface area (Å²) in [6.07, 6.45) is 3.81. The number of hydrogen-bond acceptors (Lipinski definition) is 5. The van der Waals surface area contributed by atoms with Gasteiger partial charge in [0.05, 0.1) is 23.3 Å². The summed E-state index contributed by atoms with van der Waals surface area (Å²) in [7, 11) is -2.40. The van der Waals surface area contributed by atoms with Crippen LogP contribution in [0.1, 0.15) is 35.7 Å². The number of carbonyl (C=O) groups excluding carboxylic acids is 1. The number of aryl methyl sites for hydroxylation is 1. The van der Waals surface area contributed by atoms with Crippen molar-refractivity contribution in [2.24, 2.45) is 5.92 Å². The van der Waals surface area contributed by atoms with E-state index < -0.39 is 10.0 Å². The molecule has 0 unspecified atom stereocenters. The first kappa shape index (κ1) is 22.5. The van der Waals surface area contributed by atoms with Crippen molar-refractivity contribution in [2.75, 3.05) is 31.2 Å². The number of nitrogens with zero attached hydrogens (tertiary/aromatic N) is 1. The van der Waals surface area contributed by atoms with Crippen molar-refractivity contribution in [3.8, 4) is 5.75 Å². The Morgan fingerprint density at radius 3 is 2.50 bits per heavy atom. The standard InChI is InChI=1S/C22H28N2O4S2/c1-15-9-11-24(12-10-15)22(25)18-14-17(6-8-21(18)29-4)30(26,27)23-19-13-16(2)5-7-20(19)28-3/h5-8,13-15,23H,9-12H2,1-4H3. The smallest absolute Gasteiger partial charge is 0.262 e. The van der Waals surface area contributed by atoms with E-state index in [2.05, 4.69) is 11.6 Å². The monoisotopic (exact) mass is 448 g/mol. The van der Waals surface area contributed by atoms with E-state index in [0.29, 0.717) is 36.0 Å². The zero-order valence-corrected chi connectivity index (χ0v) is 19.4. The molecule has 0 radical (unpaired) electrons. The van der Waals surface area contributed by atoms with Crippen LogP contribution in [-0.2, 0) is 10.0 Å². The Labute approximate surface area is 183 Å². The lowest BCUT2D eigenvalue weighted by molar-refractivity contribution is 0.0693.